The summed E-state index contributed by atoms with van der Waals surface area (Å²) in [6.45, 7) is 4.11. The molecule has 17 heavy (non-hydrogen) atoms. The van der Waals surface area contributed by atoms with Crippen LogP contribution in [0.4, 0.5) is 0 Å². The monoisotopic (exact) mass is 243 g/mol. The highest BCUT2D eigenvalue weighted by molar-refractivity contribution is 5.95. The first-order chi connectivity index (χ1) is 8.05. The molecule has 2 N–H and O–H groups in total. The average Bonchev–Trinajstić information content (AvgIpc) is 2.36. The quantitative estimate of drug-likeness (QED) is 0.740. The van der Waals surface area contributed by atoms with Crippen LogP contribution in [0.1, 0.15) is 26.7 Å². The van der Waals surface area contributed by atoms with E-state index < -0.39 is 17.4 Å². The lowest BCUT2D eigenvalue weighted by atomic mass is 9.93. The first-order valence-electron chi connectivity index (χ1n) is 5.56. The van der Waals surface area contributed by atoms with E-state index >= 15 is 0 Å². The van der Waals surface area contributed by atoms with Crippen LogP contribution in [0.25, 0.3) is 0 Å². The molecule has 0 aromatic rings. The number of hydrogen-bond donors (Lipinski definition) is 2. The Kier molecular flexibility index (Phi) is 4.37. The van der Waals surface area contributed by atoms with Crippen molar-refractivity contribution in [1.82, 2.24) is 5.32 Å². The summed E-state index contributed by atoms with van der Waals surface area (Å²) in [5.41, 5.74) is -1.25. The molecule has 0 aromatic carbocycles. The second-order valence-corrected chi connectivity index (χ2v) is 3.75. The number of rotatable bonds is 5. The molecular formula is C11H17NO5. The number of carboxylic acids is 1. The lowest BCUT2D eigenvalue weighted by molar-refractivity contribution is -0.148. The smallest absolute Gasteiger partial charge is 0.329 e. The van der Waals surface area contributed by atoms with E-state index in [0.29, 0.717) is 19.4 Å². The number of carbonyl (C=O) groups is 2. The summed E-state index contributed by atoms with van der Waals surface area (Å²) in [6, 6.07) is 0. The normalized spacial score (nSPS) is 15.3. The van der Waals surface area contributed by atoms with Gasteiger partial charge in [0.2, 0.25) is 5.76 Å². The fourth-order valence-electron chi connectivity index (χ4n) is 1.55. The SMILES string of the molecule is CCC(CC)(NC(=O)C1=COCCO1)C(=O)O. The van der Waals surface area contributed by atoms with Crippen molar-refractivity contribution >= 4 is 11.9 Å². The molecule has 0 spiro atoms. The number of hydrogen-bond acceptors (Lipinski definition) is 4. The van der Waals surface area contributed by atoms with Crippen molar-refractivity contribution < 1.29 is 24.2 Å². The average molecular weight is 243 g/mol. The summed E-state index contributed by atoms with van der Waals surface area (Å²) in [6.07, 6.45) is 1.81. The minimum absolute atomic E-state index is 0.0174. The molecule has 0 saturated heterocycles. The molecule has 0 aromatic heterocycles. The first kappa shape index (κ1) is 13.3. The van der Waals surface area contributed by atoms with Gasteiger partial charge in [-0.1, -0.05) is 13.8 Å². The standard InChI is InChI=1S/C11H17NO5/c1-3-11(4-2,10(14)15)12-9(13)8-7-16-5-6-17-8/h7H,3-6H2,1-2H3,(H,12,13)(H,14,15). The highest BCUT2D eigenvalue weighted by atomic mass is 16.6. The second-order valence-electron chi connectivity index (χ2n) is 3.75. The molecule has 0 atom stereocenters. The molecule has 6 heteroatoms. The predicted octanol–water partition coefficient (Wildman–Crippen LogP) is 0.634. The Morgan fingerprint density at radius 1 is 1.41 bits per heavy atom. The van der Waals surface area contributed by atoms with E-state index in [4.69, 9.17) is 14.6 Å². The summed E-state index contributed by atoms with van der Waals surface area (Å²) in [5.74, 6) is -1.59. The van der Waals surface area contributed by atoms with Crippen LogP contribution in [0.15, 0.2) is 12.0 Å². The molecule has 0 bridgehead atoms. The van der Waals surface area contributed by atoms with Crippen molar-refractivity contribution in [3.63, 3.8) is 0 Å². The molecular weight excluding hydrogens is 226 g/mol. The van der Waals surface area contributed by atoms with E-state index in [9.17, 15) is 9.59 Å². The van der Waals surface area contributed by atoms with Gasteiger partial charge in [-0.2, -0.15) is 0 Å². The highest BCUT2D eigenvalue weighted by Crippen LogP contribution is 2.17. The van der Waals surface area contributed by atoms with Crippen LogP contribution in [0.5, 0.6) is 0 Å². The van der Waals surface area contributed by atoms with Crippen LogP contribution in [-0.4, -0.2) is 35.7 Å². The van der Waals surface area contributed by atoms with Crippen molar-refractivity contribution in [1.29, 1.82) is 0 Å². The van der Waals surface area contributed by atoms with E-state index in [2.05, 4.69) is 5.32 Å². The van der Waals surface area contributed by atoms with Crippen molar-refractivity contribution in [3.05, 3.63) is 12.0 Å². The lowest BCUT2D eigenvalue weighted by Crippen LogP contribution is -2.54. The Morgan fingerprint density at radius 3 is 2.47 bits per heavy atom. The maximum Gasteiger partial charge on any atom is 0.329 e. The van der Waals surface area contributed by atoms with Gasteiger partial charge in [0, 0.05) is 0 Å². The van der Waals surface area contributed by atoms with Gasteiger partial charge in [-0.3, -0.25) is 4.79 Å². The van der Waals surface area contributed by atoms with Crippen molar-refractivity contribution in [2.45, 2.75) is 32.2 Å². The van der Waals surface area contributed by atoms with Crippen molar-refractivity contribution in [2.75, 3.05) is 13.2 Å². The maximum atomic E-state index is 11.8. The molecule has 1 rings (SSSR count). The van der Waals surface area contributed by atoms with Crippen molar-refractivity contribution in [2.24, 2.45) is 0 Å². The number of nitrogens with one attached hydrogen (secondary N) is 1. The zero-order chi connectivity index (χ0) is 12.9. The fourth-order valence-corrected chi connectivity index (χ4v) is 1.55. The van der Waals surface area contributed by atoms with Crippen LogP contribution in [0.2, 0.25) is 0 Å². The third kappa shape index (κ3) is 2.89. The molecule has 0 unspecified atom stereocenters. The topological polar surface area (TPSA) is 84.9 Å². The van der Waals surface area contributed by atoms with Crippen molar-refractivity contribution in [3.8, 4) is 0 Å². The summed E-state index contributed by atoms with van der Waals surface area (Å²) in [7, 11) is 0. The molecule has 0 radical (unpaired) electrons. The molecule has 0 fully saturated rings. The zero-order valence-electron chi connectivity index (χ0n) is 9.99. The molecule has 1 heterocycles. The minimum atomic E-state index is -1.25. The third-order valence-corrected chi connectivity index (χ3v) is 2.84. The van der Waals surface area contributed by atoms with Crippen LogP contribution >= 0.6 is 0 Å². The molecule has 96 valence electrons. The van der Waals surface area contributed by atoms with Gasteiger partial charge in [0.05, 0.1) is 0 Å². The van der Waals surface area contributed by atoms with Gasteiger partial charge in [-0.25, -0.2) is 4.79 Å². The second kappa shape index (κ2) is 5.56. The number of aliphatic carboxylic acids is 1. The Bertz CT molecular complexity index is 333. The van der Waals surface area contributed by atoms with Crippen LogP contribution in [-0.2, 0) is 19.1 Å². The third-order valence-electron chi connectivity index (χ3n) is 2.84. The first-order valence-corrected chi connectivity index (χ1v) is 5.56. The Morgan fingerprint density at radius 2 is 2.06 bits per heavy atom. The van der Waals surface area contributed by atoms with E-state index in [-0.39, 0.29) is 12.4 Å². The number of ether oxygens (including phenoxy) is 2. The summed E-state index contributed by atoms with van der Waals surface area (Å²) < 4.78 is 10.0. The van der Waals surface area contributed by atoms with E-state index in [1.807, 2.05) is 0 Å². The van der Waals surface area contributed by atoms with Gasteiger partial charge in [-0.05, 0) is 12.8 Å². The molecule has 1 aliphatic rings. The zero-order valence-corrected chi connectivity index (χ0v) is 9.99. The highest BCUT2D eigenvalue weighted by Gasteiger charge is 2.37. The van der Waals surface area contributed by atoms with Gasteiger partial charge in [0.15, 0.2) is 0 Å². The summed E-state index contributed by atoms with van der Waals surface area (Å²) >= 11 is 0. The van der Waals surface area contributed by atoms with E-state index in [0.717, 1.165) is 0 Å². The lowest BCUT2D eigenvalue weighted by Gasteiger charge is -2.28. The molecule has 1 aliphatic heterocycles. The molecule has 0 aliphatic carbocycles. The molecule has 1 amide bonds. The Balaban J connectivity index is 2.77. The van der Waals surface area contributed by atoms with E-state index in [1.54, 1.807) is 13.8 Å². The van der Waals surface area contributed by atoms with Gasteiger partial charge in [0.25, 0.3) is 5.91 Å². The van der Waals surface area contributed by atoms with Gasteiger partial charge >= 0.3 is 5.97 Å². The van der Waals surface area contributed by atoms with Crippen LogP contribution in [0, 0.1) is 0 Å². The number of amides is 1. The number of carbonyl (C=O) groups excluding carboxylic acids is 1. The molecule has 0 saturated carbocycles. The number of carboxylic acid groups (broad SMARTS) is 1. The Labute approximate surface area is 99.6 Å². The summed E-state index contributed by atoms with van der Waals surface area (Å²) in [5, 5.41) is 11.7. The predicted molar refractivity (Wildman–Crippen MR) is 59.1 cm³/mol. The van der Waals surface area contributed by atoms with Gasteiger partial charge < -0.3 is 19.9 Å². The minimum Gasteiger partial charge on any atom is -0.494 e. The fraction of sp³-hybridized carbons (Fsp3) is 0.636. The van der Waals surface area contributed by atoms with Crippen LogP contribution in [0.3, 0.4) is 0 Å². The molecule has 6 nitrogen and oxygen atoms in total. The Hall–Kier alpha value is -1.72. The summed E-state index contributed by atoms with van der Waals surface area (Å²) in [4.78, 5) is 23.0. The maximum absolute atomic E-state index is 11.8. The van der Waals surface area contributed by atoms with Crippen LogP contribution < -0.4 is 5.32 Å². The van der Waals surface area contributed by atoms with E-state index in [1.165, 1.54) is 6.26 Å². The largest absolute Gasteiger partial charge is 0.494 e. The van der Waals surface area contributed by atoms with Gasteiger partial charge in [-0.15, -0.1) is 0 Å². The van der Waals surface area contributed by atoms with Gasteiger partial charge in [0.1, 0.15) is 25.0 Å².